The number of benzene rings is 1. The van der Waals surface area contributed by atoms with Crippen molar-refractivity contribution in [1.29, 1.82) is 0 Å². The van der Waals surface area contributed by atoms with Crippen molar-refractivity contribution < 1.29 is 9.50 Å². The van der Waals surface area contributed by atoms with Gasteiger partial charge in [-0.3, -0.25) is 4.90 Å². The second kappa shape index (κ2) is 6.00. The van der Waals surface area contributed by atoms with E-state index in [1.54, 1.807) is 6.07 Å². The minimum Gasteiger partial charge on any atom is -0.388 e. The Balaban J connectivity index is 2.12. The van der Waals surface area contributed by atoms with Crippen LogP contribution in [0.3, 0.4) is 0 Å². The van der Waals surface area contributed by atoms with E-state index in [4.69, 9.17) is 11.6 Å². The molecule has 0 aromatic heterocycles. The molecule has 1 aliphatic rings. The first-order valence-electron chi connectivity index (χ1n) is 7.17. The second-order valence-electron chi connectivity index (χ2n) is 6.64. The minimum absolute atomic E-state index is 0.0741. The largest absolute Gasteiger partial charge is 0.388 e. The normalized spacial score (nSPS) is 22.8. The van der Waals surface area contributed by atoms with E-state index in [2.05, 4.69) is 25.7 Å². The summed E-state index contributed by atoms with van der Waals surface area (Å²) in [5.74, 6) is -0.271. The van der Waals surface area contributed by atoms with Crippen molar-refractivity contribution in [2.24, 2.45) is 5.92 Å². The zero-order valence-electron chi connectivity index (χ0n) is 12.4. The van der Waals surface area contributed by atoms with Gasteiger partial charge in [0.05, 0.1) is 11.1 Å². The van der Waals surface area contributed by atoms with Crippen LogP contribution in [0.5, 0.6) is 0 Å². The predicted molar refractivity (Wildman–Crippen MR) is 80.4 cm³/mol. The van der Waals surface area contributed by atoms with E-state index in [0.29, 0.717) is 5.56 Å². The van der Waals surface area contributed by atoms with Gasteiger partial charge in [0.2, 0.25) is 0 Å². The molecule has 0 spiro atoms. The van der Waals surface area contributed by atoms with Crippen molar-refractivity contribution in [2.75, 3.05) is 13.1 Å². The molecule has 2 rings (SSSR count). The average Bonchev–Trinajstić information content (AvgIpc) is 2.40. The molecule has 112 valence electrons. The van der Waals surface area contributed by atoms with Gasteiger partial charge in [-0.2, -0.15) is 0 Å². The maximum atomic E-state index is 13.2. The van der Waals surface area contributed by atoms with Crippen molar-refractivity contribution in [2.45, 2.75) is 45.3 Å². The lowest BCUT2D eigenvalue weighted by Gasteiger charge is -2.43. The van der Waals surface area contributed by atoms with Crippen LogP contribution in [0.15, 0.2) is 18.2 Å². The topological polar surface area (TPSA) is 23.5 Å². The van der Waals surface area contributed by atoms with Crippen molar-refractivity contribution in [3.05, 3.63) is 34.6 Å². The number of likely N-dealkylation sites (tertiary alicyclic amines) is 1. The Morgan fingerprint density at radius 3 is 2.70 bits per heavy atom. The van der Waals surface area contributed by atoms with Gasteiger partial charge < -0.3 is 5.11 Å². The highest BCUT2D eigenvalue weighted by atomic mass is 35.5. The summed E-state index contributed by atoms with van der Waals surface area (Å²) in [6.07, 6.45) is 1.48. The van der Waals surface area contributed by atoms with Crippen LogP contribution < -0.4 is 0 Å². The SMILES string of the molecule is CC(C)(C)N1CCC[C@@H]([C@@H](O)c2ccc(F)c(Cl)c2)C1. The molecule has 1 aromatic rings. The molecule has 4 heteroatoms. The molecule has 1 fully saturated rings. The summed E-state index contributed by atoms with van der Waals surface area (Å²) in [5, 5.41) is 10.6. The number of hydrogen-bond donors (Lipinski definition) is 1. The number of nitrogens with zero attached hydrogens (tertiary/aromatic N) is 1. The smallest absolute Gasteiger partial charge is 0.141 e. The molecule has 1 aliphatic heterocycles. The van der Waals surface area contributed by atoms with E-state index in [9.17, 15) is 9.50 Å². The highest BCUT2D eigenvalue weighted by Gasteiger charge is 2.32. The standard InChI is InChI=1S/C16H23ClFNO/c1-16(2,3)19-8-4-5-12(10-19)15(20)11-6-7-14(18)13(17)9-11/h6-7,9,12,15,20H,4-5,8,10H2,1-3H3/t12-,15+/m1/s1. The van der Waals surface area contributed by atoms with Crippen molar-refractivity contribution in [3.63, 3.8) is 0 Å². The molecule has 0 aliphatic carbocycles. The summed E-state index contributed by atoms with van der Waals surface area (Å²) in [6.45, 7) is 8.50. The molecule has 1 heterocycles. The van der Waals surface area contributed by atoms with Crippen molar-refractivity contribution in [1.82, 2.24) is 4.90 Å². The Morgan fingerprint density at radius 2 is 2.10 bits per heavy atom. The lowest BCUT2D eigenvalue weighted by Crippen LogP contribution is -2.48. The van der Waals surface area contributed by atoms with E-state index < -0.39 is 11.9 Å². The highest BCUT2D eigenvalue weighted by Crippen LogP contribution is 2.33. The third-order valence-corrected chi connectivity index (χ3v) is 4.43. The zero-order chi connectivity index (χ0) is 14.9. The van der Waals surface area contributed by atoms with Crippen LogP contribution in [-0.2, 0) is 0 Å². The van der Waals surface area contributed by atoms with Gasteiger partial charge >= 0.3 is 0 Å². The summed E-state index contributed by atoms with van der Waals surface area (Å²) in [7, 11) is 0. The molecular weight excluding hydrogens is 277 g/mol. The maximum Gasteiger partial charge on any atom is 0.141 e. The Labute approximate surface area is 125 Å². The van der Waals surface area contributed by atoms with Crippen molar-refractivity contribution >= 4 is 11.6 Å². The van der Waals surface area contributed by atoms with Crippen LogP contribution in [0.1, 0.15) is 45.3 Å². The maximum absolute atomic E-state index is 13.2. The number of halogens is 2. The van der Waals surface area contributed by atoms with E-state index in [-0.39, 0.29) is 16.5 Å². The highest BCUT2D eigenvalue weighted by molar-refractivity contribution is 6.30. The molecule has 20 heavy (non-hydrogen) atoms. The molecule has 2 nitrogen and oxygen atoms in total. The van der Waals surface area contributed by atoms with Crippen LogP contribution in [0.2, 0.25) is 5.02 Å². The quantitative estimate of drug-likeness (QED) is 0.891. The summed E-state index contributed by atoms with van der Waals surface area (Å²) >= 11 is 5.80. The fraction of sp³-hybridized carbons (Fsp3) is 0.625. The fourth-order valence-corrected chi connectivity index (χ4v) is 3.03. The van der Waals surface area contributed by atoms with Gasteiger partial charge in [-0.25, -0.2) is 4.39 Å². The first-order chi connectivity index (χ1) is 9.29. The van der Waals surface area contributed by atoms with Crippen molar-refractivity contribution in [3.8, 4) is 0 Å². The predicted octanol–water partition coefficient (Wildman–Crippen LogP) is 4.02. The number of aliphatic hydroxyl groups is 1. The zero-order valence-corrected chi connectivity index (χ0v) is 13.1. The first kappa shape index (κ1) is 15.7. The van der Waals surface area contributed by atoms with Crippen LogP contribution in [0.25, 0.3) is 0 Å². The second-order valence-corrected chi connectivity index (χ2v) is 7.04. The Morgan fingerprint density at radius 1 is 1.40 bits per heavy atom. The third-order valence-electron chi connectivity index (χ3n) is 4.14. The molecule has 2 atom stereocenters. The summed E-state index contributed by atoms with van der Waals surface area (Å²) < 4.78 is 13.2. The molecule has 0 saturated carbocycles. The molecule has 0 bridgehead atoms. The molecule has 0 unspecified atom stereocenters. The molecular formula is C16H23ClFNO. The van der Waals surface area contributed by atoms with E-state index >= 15 is 0 Å². The van der Waals surface area contributed by atoms with Gasteiger partial charge in [-0.15, -0.1) is 0 Å². The lowest BCUT2D eigenvalue weighted by atomic mass is 9.86. The number of hydrogen-bond acceptors (Lipinski definition) is 2. The Bertz CT molecular complexity index is 472. The first-order valence-corrected chi connectivity index (χ1v) is 7.55. The summed E-state index contributed by atoms with van der Waals surface area (Å²) in [5.41, 5.74) is 0.816. The fourth-order valence-electron chi connectivity index (χ4n) is 2.85. The Hall–Kier alpha value is -0.640. The van der Waals surface area contributed by atoms with Gasteiger partial charge in [-0.1, -0.05) is 17.7 Å². The van der Waals surface area contributed by atoms with Gasteiger partial charge in [0, 0.05) is 18.0 Å². The molecule has 1 N–H and O–H groups in total. The number of rotatable bonds is 2. The molecule has 0 radical (unpaired) electrons. The lowest BCUT2D eigenvalue weighted by molar-refractivity contribution is 0.0148. The Kier molecular flexibility index (Phi) is 4.73. The third kappa shape index (κ3) is 3.51. The molecule has 1 saturated heterocycles. The van der Waals surface area contributed by atoms with Crippen LogP contribution in [0.4, 0.5) is 4.39 Å². The molecule has 1 aromatic carbocycles. The average molecular weight is 300 g/mol. The van der Waals surface area contributed by atoms with E-state index in [1.807, 2.05) is 0 Å². The van der Waals surface area contributed by atoms with E-state index in [1.165, 1.54) is 12.1 Å². The minimum atomic E-state index is -0.585. The summed E-state index contributed by atoms with van der Waals surface area (Å²) in [6, 6.07) is 4.49. The monoisotopic (exact) mass is 299 g/mol. The van der Waals surface area contributed by atoms with Gasteiger partial charge in [0.25, 0.3) is 0 Å². The van der Waals surface area contributed by atoms with Gasteiger partial charge in [0.1, 0.15) is 5.82 Å². The molecule has 0 amide bonds. The van der Waals surface area contributed by atoms with Gasteiger partial charge in [-0.05, 0) is 57.9 Å². The van der Waals surface area contributed by atoms with E-state index in [0.717, 1.165) is 25.9 Å². The number of aliphatic hydroxyl groups excluding tert-OH is 1. The van der Waals surface area contributed by atoms with Crippen LogP contribution in [-0.4, -0.2) is 28.6 Å². The van der Waals surface area contributed by atoms with Gasteiger partial charge in [0.15, 0.2) is 0 Å². The van der Waals surface area contributed by atoms with Crippen LogP contribution in [0, 0.1) is 11.7 Å². The van der Waals surface area contributed by atoms with Crippen LogP contribution >= 0.6 is 11.6 Å². The number of piperidine rings is 1. The summed E-state index contributed by atoms with van der Waals surface area (Å²) in [4.78, 5) is 2.40.